The molecule has 0 aromatic heterocycles. The van der Waals surface area contributed by atoms with Gasteiger partial charge in [0, 0.05) is 29.9 Å². The number of carbonyl (C=O) groups excluding carboxylic acids is 1. The van der Waals surface area contributed by atoms with E-state index in [1.54, 1.807) is 0 Å². The van der Waals surface area contributed by atoms with Crippen LogP contribution >= 0.6 is 0 Å². The smallest absolute Gasteiger partial charge is 0.407 e. The lowest BCUT2D eigenvalue weighted by atomic mass is 10.2. The van der Waals surface area contributed by atoms with E-state index in [2.05, 4.69) is 22.5 Å². The molecule has 4 heteroatoms. The van der Waals surface area contributed by atoms with E-state index >= 15 is 0 Å². The Morgan fingerprint density at radius 1 is 0.821 bits per heavy atom. The number of amides is 1. The van der Waals surface area contributed by atoms with Crippen LogP contribution in [0, 0.1) is 11.8 Å². The minimum absolute atomic E-state index is 0.266. The summed E-state index contributed by atoms with van der Waals surface area (Å²) in [6.07, 6.45) is 0.131. The van der Waals surface area contributed by atoms with Crippen molar-refractivity contribution in [1.29, 1.82) is 0 Å². The third-order valence-corrected chi connectivity index (χ3v) is 3.91. The number of anilines is 2. The van der Waals surface area contributed by atoms with Gasteiger partial charge in [-0.15, -0.1) is 0 Å². The Bertz CT molecular complexity index is 927. The number of hydrogen-bond donors (Lipinski definition) is 2. The Kier molecular flexibility index (Phi) is 7.11. The molecule has 3 aromatic rings. The Hall–Kier alpha value is -3.71. The summed E-state index contributed by atoms with van der Waals surface area (Å²) in [5, 5.41) is 6.04. The van der Waals surface area contributed by atoms with E-state index in [0.717, 1.165) is 22.5 Å². The molecule has 0 unspecified atom stereocenters. The van der Waals surface area contributed by atoms with Gasteiger partial charge in [-0.2, -0.15) is 0 Å². The zero-order chi connectivity index (χ0) is 19.4. The quantitative estimate of drug-likeness (QED) is 0.469. The average Bonchev–Trinajstić information content (AvgIpc) is 2.75. The molecule has 1 amide bonds. The van der Waals surface area contributed by atoms with Gasteiger partial charge in [-0.25, -0.2) is 4.79 Å². The Labute approximate surface area is 165 Å². The van der Waals surface area contributed by atoms with Crippen molar-refractivity contribution in [3.63, 3.8) is 0 Å². The minimum atomic E-state index is -0.429. The van der Waals surface area contributed by atoms with E-state index in [9.17, 15) is 4.79 Å². The van der Waals surface area contributed by atoms with Crippen molar-refractivity contribution < 1.29 is 9.53 Å². The normalized spacial score (nSPS) is 9.71. The molecule has 140 valence electrons. The summed E-state index contributed by atoms with van der Waals surface area (Å²) in [5.41, 5.74) is 3.96. The molecule has 3 aromatic carbocycles. The lowest BCUT2D eigenvalue weighted by Crippen LogP contribution is -2.24. The molecule has 4 nitrogen and oxygen atoms in total. The van der Waals surface area contributed by atoms with E-state index in [1.807, 2.05) is 84.9 Å². The fourth-order valence-corrected chi connectivity index (χ4v) is 2.49. The number of nitrogens with one attached hydrogen (secondary N) is 2. The van der Waals surface area contributed by atoms with Crippen molar-refractivity contribution in [3.05, 3.63) is 96.1 Å². The largest absolute Gasteiger partial charge is 0.445 e. The third-order valence-electron chi connectivity index (χ3n) is 3.91. The highest BCUT2D eigenvalue weighted by atomic mass is 16.5. The average molecular weight is 370 g/mol. The van der Waals surface area contributed by atoms with Crippen LogP contribution in [0.25, 0.3) is 0 Å². The fourth-order valence-electron chi connectivity index (χ4n) is 2.49. The molecule has 0 aliphatic heterocycles. The zero-order valence-electron chi connectivity index (χ0n) is 15.5. The highest BCUT2D eigenvalue weighted by Crippen LogP contribution is 2.16. The highest BCUT2D eigenvalue weighted by Gasteiger charge is 2.00. The molecule has 0 atom stereocenters. The van der Waals surface area contributed by atoms with Crippen LogP contribution in [0.1, 0.15) is 17.5 Å². The lowest BCUT2D eigenvalue weighted by Gasteiger charge is -2.06. The van der Waals surface area contributed by atoms with Crippen molar-refractivity contribution in [1.82, 2.24) is 5.32 Å². The molecule has 28 heavy (non-hydrogen) atoms. The second-order valence-corrected chi connectivity index (χ2v) is 6.11. The Morgan fingerprint density at radius 2 is 1.46 bits per heavy atom. The second-order valence-electron chi connectivity index (χ2n) is 6.11. The predicted molar refractivity (Wildman–Crippen MR) is 112 cm³/mol. The summed E-state index contributed by atoms with van der Waals surface area (Å²) in [7, 11) is 0. The molecule has 0 saturated carbocycles. The molecule has 0 heterocycles. The molecule has 2 N–H and O–H groups in total. The van der Waals surface area contributed by atoms with Crippen molar-refractivity contribution in [2.75, 3.05) is 11.9 Å². The summed E-state index contributed by atoms with van der Waals surface area (Å²) in [5.74, 6) is 6.16. The first-order valence-electron chi connectivity index (χ1n) is 9.15. The standard InChI is InChI=1S/C24H22N2O2/c27-24(28-19-21-10-3-1-4-11-21)25-18-8-7-9-20-14-16-23(17-15-20)26-22-12-5-2-6-13-22/h1-6,10-17,26H,8,18-19H2,(H,25,27). The molecule has 0 spiro atoms. The molecule has 0 aliphatic rings. The second kappa shape index (κ2) is 10.4. The summed E-state index contributed by atoms with van der Waals surface area (Å²) in [4.78, 5) is 11.6. The van der Waals surface area contributed by atoms with Gasteiger partial charge in [0.2, 0.25) is 0 Å². The Balaban J connectivity index is 1.36. The molecular weight excluding hydrogens is 348 g/mol. The monoisotopic (exact) mass is 370 g/mol. The van der Waals surface area contributed by atoms with Gasteiger partial charge in [-0.3, -0.25) is 0 Å². The molecule has 3 rings (SSSR count). The number of carbonyl (C=O) groups is 1. The van der Waals surface area contributed by atoms with Gasteiger partial charge in [0.05, 0.1) is 0 Å². The maximum Gasteiger partial charge on any atom is 0.407 e. The first-order chi connectivity index (χ1) is 13.8. The number of alkyl carbamates (subject to hydrolysis) is 1. The van der Waals surface area contributed by atoms with E-state index in [0.29, 0.717) is 13.0 Å². The van der Waals surface area contributed by atoms with Gasteiger partial charge in [-0.1, -0.05) is 60.4 Å². The number of para-hydroxylation sites is 1. The fraction of sp³-hybridized carbons (Fsp3) is 0.125. The van der Waals surface area contributed by atoms with E-state index < -0.39 is 6.09 Å². The van der Waals surface area contributed by atoms with Crippen LogP contribution < -0.4 is 10.6 Å². The van der Waals surface area contributed by atoms with Crippen molar-refractivity contribution in [3.8, 4) is 11.8 Å². The maximum absolute atomic E-state index is 11.6. The summed E-state index contributed by atoms with van der Waals surface area (Å²) in [6, 6.07) is 27.5. The number of ether oxygens (including phenoxy) is 1. The van der Waals surface area contributed by atoms with Crippen LogP contribution in [0.5, 0.6) is 0 Å². The molecule has 0 aliphatic carbocycles. The van der Waals surface area contributed by atoms with Crippen LogP contribution in [0.3, 0.4) is 0 Å². The Morgan fingerprint density at radius 3 is 2.18 bits per heavy atom. The van der Waals surface area contributed by atoms with Crippen LogP contribution in [0.2, 0.25) is 0 Å². The topological polar surface area (TPSA) is 50.4 Å². The predicted octanol–water partition coefficient (Wildman–Crippen LogP) is 5.10. The third kappa shape index (κ3) is 6.54. The van der Waals surface area contributed by atoms with Crippen LogP contribution in [0.4, 0.5) is 16.2 Å². The maximum atomic E-state index is 11.6. The van der Waals surface area contributed by atoms with Gasteiger partial charge in [0.1, 0.15) is 6.61 Å². The number of hydrogen-bond acceptors (Lipinski definition) is 3. The summed E-state index contributed by atoms with van der Waals surface area (Å²) >= 11 is 0. The number of benzene rings is 3. The molecular formula is C24H22N2O2. The van der Waals surface area contributed by atoms with Crippen molar-refractivity contribution in [2.24, 2.45) is 0 Å². The van der Waals surface area contributed by atoms with Crippen LogP contribution in [-0.4, -0.2) is 12.6 Å². The molecule has 0 radical (unpaired) electrons. The van der Waals surface area contributed by atoms with Crippen molar-refractivity contribution >= 4 is 17.5 Å². The van der Waals surface area contributed by atoms with Crippen LogP contribution in [0.15, 0.2) is 84.9 Å². The van der Waals surface area contributed by atoms with Crippen LogP contribution in [-0.2, 0) is 11.3 Å². The van der Waals surface area contributed by atoms with E-state index in [-0.39, 0.29) is 6.61 Å². The van der Waals surface area contributed by atoms with Gasteiger partial charge >= 0.3 is 6.09 Å². The molecule has 0 saturated heterocycles. The zero-order valence-corrected chi connectivity index (χ0v) is 15.5. The first kappa shape index (κ1) is 19.1. The summed E-state index contributed by atoms with van der Waals surface area (Å²) in [6.45, 7) is 0.718. The minimum Gasteiger partial charge on any atom is -0.445 e. The first-order valence-corrected chi connectivity index (χ1v) is 9.15. The van der Waals surface area contributed by atoms with Gasteiger partial charge < -0.3 is 15.4 Å². The SMILES string of the molecule is O=C(NCCC#Cc1ccc(Nc2ccccc2)cc1)OCc1ccccc1. The molecule has 0 fully saturated rings. The van der Waals surface area contributed by atoms with E-state index in [4.69, 9.17) is 4.74 Å². The van der Waals surface area contributed by atoms with Gasteiger partial charge in [0.15, 0.2) is 0 Å². The molecule has 0 bridgehead atoms. The lowest BCUT2D eigenvalue weighted by molar-refractivity contribution is 0.140. The van der Waals surface area contributed by atoms with E-state index in [1.165, 1.54) is 0 Å². The summed E-state index contributed by atoms with van der Waals surface area (Å²) < 4.78 is 5.15. The highest BCUT2D eigenvalue weighted by molar-refractivity contribution is 5.67. The van der Waals surface area contributed by atoms with Crippen molar-refractivity contribution in [2.45, 2.75) is 13.0 Å². The van der Waals surface area contributed by atoms with Gasteiger partial charge in [-0.05, 0) is 42.0 Å². The number of rotatable bonds is 6. The van der Waals surface area contributed by atoms with Gasteiger partial charge in [0.25, 0.3) is 0 Å².